The Labute approximate surface area is 140 Å². The molecule has 6 heteroatoms. The number of hydrogen-bond acceptors (Lipinski definition) is 4. The minimum atomic E-state index is -0.450. The Morgan fingerprint density at radius 1 is 1.22 bits per heavy atom. The van der Waals surface area contributed by atoms with Crippen LogP contribution in [0.1, 0.15) is 16.2 Å². The molecular formula is C17H13BrN2O3. The van der Waals surface area contributed by atoms with Crippen molar-refractivity contribution in [1.29, 1.82) is 0 Å². The number of carbonyl (C=O) groups is 1. The molecule has 0 amide bonds. The van der Waals surface area contributed by atoms with E-state index in [1.807, 2.05) is 6.07 Å². The zero-order chi connectivity index (χ0) is 16.6. The van der Waals surface area contributed by atoms with Crippen LogP contribution in [0, 0.1) is 6.92 Å². The van der Waals surface area contributed by atoms with Crippen molar-refractivity contribution in [2.75, 3.05) is 7.11 Å². The lowest BCUT2D eigenvalue weighted by Crippen LogP contribution is -2.22. The quantitative estimate of drug-likeness (QED) is 0.647. The highest BCUT2D eigenvalue weighted by Crippen LogP contribution is 2.18. The van der Waals surface area contributed by atoms with Gasteiger partial charge < -0.3 is 4.74 Å². The number of rotatable bonds is 2. The first-order valence-corrected chi connectivity index (χ1v) is 7.68. The summed E-state index contributed by atoms with van der Waals surface area (Å²) < 4.78 is 7.02. The Morgan fingerprint density at radius 2 is 2.00 bits per heavy atom. The van der Waals surface area contributed by atoms with Crippen LogP contribution in [-0.4, -0.2) is 22.6 Å². The van der Waals surface area contributed by atoms with Gasteiger partial charge in [0.1, 0.15) is 5.82 Å². The molecule has 1 heterocycles. The van der Waals surface area contributed by atoms with Gasteiger partial charge >= 0.3 is 5.97 Å². The zero-order valence-electron chi connectivity index (χ0n) is 12.5. The number of hydrogen-bond donors (Lipinski definition) is 0. The van der Waals surface area contributed by atoms with E-state index >= 15 is 0 Å². The molecule has 0 atom stereocenters. The largest absolute Gasteiger partial charge is 0.465 e. The SMILES string of the molecule is COC(=O)c1cccc(-n2c(C)nc3ccc(Br)cc3c2=O)c1. The molecular weight excluding hydrogens is 360 g/mol. The van der Waals surface area contributed by atoms with Gasteiger partial charge in [-0.15, -0.1) is 0 Å². The lowest BCUT2D eigenvalue weighted by molar-refractivity contribution is 0.0600. The number of aromatic nitrogens is 2. The molecule has 0 aliphatic carbocycles. The second kappa shape index (κ2) is 5.96. The lowest BCUT2D eigenvalue weighted by Gasteiger charge is -2.12. The van der Waals surface area contributed by atoms with Crippen molar-refractivity contribution in [1.82, 2.24) is 9.55 Å². The van der Waals surface area contributed by atoms with Gasteiger partial charge in [-0.1, -0.05) is 22.0 Å². The first-order valence-electron chi connectivity index (χ1n) is 6.89. The van der Waals surface area contributed by atoms with Gasteiger partial charge in [-0.25, -0.2) is 9.78 Å². The summed E-state index contributed by atoms with van der Waals surface area (Å²) in [6, 6.07) is 12.1. The number of ether oxygens (including phenoxy) is 1. The van der Waals surface area contributed by atoms with Gasteiger partial charge in [-0.2, -0.15) is 0 Å². The Morgan fingerprint density at radius 3 is 2.74 bits per heavy atom. The minimum absolute atomic E-state index is 0.184. The molecule has 2 aromatic carbocycles. The van der Waals surface area contributed by atoms with Gasteiger partial charge in [0.15, 0.2) is 0 Å². The predicted octanol–water partition coefficient (Wildman–Crippen LogP) is 3.24. The maximum absolute atomic E-state index is 12.8. The summed E-state index contributed by atoms with van der Waals surface area (Å²) in [5.41, 5.74) is 1.40. The summed E-state index contributed by atoms with van der Waals surface area (Å²) in [4.78, 5) is 29.0. The highest BCUT2D eigenvalue weighted by Gasteiger charge is 2.12. The van der Waals surface area contributed by atoms with Crippen molar-refractivity contribution < 1.29 is 9.53 Å². The number of methoxy groups -OCH3 is 1. The fourth-order valence-corrected chi connectivity index (χ4v) is 2.82. The molecule has 0 aliphatic rings. The summed E-state index contributed by atoms with van der Waals surface area (Å²) in [7, 11) is 1.32. The summed E-state index contributed by atoms with van der Waals surface area (Å²) in [6.07, 6.45) is 0. The third-order valence-electron chi connectivity index (χ3n) is 3.52. The van der Waals surface area contributed by atoms with E-state index in [4.69, 9.17) is 4.74 Å². The molecule has 0 bridgehead atoms. The number of benzene rings is 2. The smallest absolute Gasteiger partial charge is 0.337 e. The van der Waals surface area contributed by atoms with Crippen molar-refractivity contribution in [2.45, 2.75) is 6.92 Å². The van der Waals surface area contributed by atoms with Crippen LogP contribution in [0.5, 0.6) is 0 Å². The van der Waals surface area contributed by atoms with Crippen LogP contribution in [0.2, 0.25) is 0 Å². The van der Waals surface area contributed by atoms with Crippen LogP contribution in [0.15, 0.2) is 51.7 Å². The second-order valence-electron chi connectivity index (χ2n) is 5.00. The maximum atomic E-state index is 12.8. The average molecular weight is 373 g/mol. The minimum Gasteiger partial charge on any atom is -0.465 e. The molecule has 116 valence electrons. The molecule has 3 rings (SSSR count). The molecule has 0 spiro atoms. The van der Waals surface area contributed by atoms with E-state index in [-0.39, 0.29) is 5.56 Å². The summed E-state index contributed by atoms with van der Waals surface area (Å²) in [5, 5.41) is 0.508. The van der Waals surface area contributed by atoms with E-state index in [2.05, 4.69) is 20.9 Å². The van der Waals surface area contributed by atoms with Crippen LogP contribution in [0.25, 0.3) is 16.6 Å². The van der Waals surface area contributed by atoms with Gasteiger partial charge in [0.2, 0.25) is 0 Å². The first-order chi connectivity index (χ1) is 11.0. The number of fused-ring (bicyclic) bond motifs is 1. The van der Waals surface area contributed by atoms with Crippen molar-refractivity contribution >= 4 is 32.8 Å². The van der Waals surface area contributed by atoms with E-state index in [1.54, 1.807) is 43.3 Å². The molecule has 3 aromatic rings. The first kappa shape index (κ1) is 15.4. The number of esters is 1. The second-order valence-corrected chi connectivity index (χ2v) is 5.92. The van der Waals surface area contributed by atoms with Crippen molar-refractivity contribution in [3.05, 3.63) is 68.7 Å². The topological polar surface area (TPSA) is 61.2 Å². The van der Waals surface area contributed by atoms with Crippen molar-refractivity contribution in [2.24, 2.45) is 0 Å². The Hall–Kier alpha value is -2.47. The van der Waals surface area contributed by atoms with Crippen LogP contribution in [0.3, 0.4) is 0 Å². The summed E-state index contributed by atoms with van der Waals surface area (Å²) in [6.45, 7) is 1.76. The zero-order valence-corrected chi connectivity index (χ0v) is 14.1. The highest BCUT2D eigenvalue weighted by molar-refractivity contribution is 9.10. The number of nitrogens with zero attached hydrogens (tertiary/aromatic N) is 2. The molecule has 1 aromatic heterocycles. The molecule has 0 aliphatic heterocycles. The van der Waals surface area contributed by atoms with Crippen LogP contribution >= 0.6 is 15.9 Å². The van der Waals surface area contributed by atoms with Gasteiger partial charge in [-0.05, 0) is 43.3 Å². The van der Waals surface area contributed by atoms with Gasteiger partial charge in [0.25, 0.3) is 5.56 Å². The number of carbonyl (C=O) groups excluding carboxylic acids is 1. The van der Waals surface area contributed by atoms with Gasteiger partial charge in [0.05, 0.1) is 29.3 Å². The van der Waals surface area contributed by atoms with E-state index in [9.17, 15) is 9.59 Å². The van der Waals surface area contributed by atoms with Gasteiger partial charge in [0, 0.05) is 4.47 Å². The van der Waals surface area contributed by atoms with E-state index in [0.717, 1.165) is 4.47 Å². The molecule has 0 unspecified atom stereocenters. The molecule has 0 saturated carbocycles. The number of aryl methyl sites for hydroxylation is 1. The predicted molar refractivity (Wildman–Crippen MR) is 91.1 cm³/mol. The monoisotopic (exact) mass is 372 g/mol. The van der Waals surface area contributed by atoms with Crippen molar-refractivity contribution in [3.8, 4) is 5.69 Å². The normalized spacial score (nSPS) is 10.7. The highest BCUT2D eigenvalue weighted by atomic mass is 79.9. The summed E-state index contributed by atoms with van der Waals surface area (Å²) in [5.74, 6) is 0.0980. The van der Waals surface area contributed by atoms with Crippen LogP contribution in [-0.2, 0) is 4.74 Å². The Kier molecular flexibility index (Phi) is 4.00. The third-order valence-corrected chi connectivity index (χ3v) is 4.02. The molecule has 23 heavy (non-hydrogen) atoms. The fourth-order valence-electron chi connectivity index (χ4n) is 2.46. The maximum Gasteiger partial charge on any atom is 0.337 e. The van der Waals surface area contributed by atoms with E-state index in [0.29, 0.717) is 28.0 Å². The molecule has 0 saturated heterocycles. The van der Waals surface area contributed by atoms with Crippen molar-refractivity contribution in [3.63, 3.8) is 0 Å². The van der Waals surface area contributed by atoms with Crippen LogP contribution in [0.4, 0.5) is 0 Å². The fraction of sp³-hybridized carbons (Fsp3) is 0.118. The standard InChI is InChI=1S/C17H13BrN2O3/c1-10-19-15-7-6-12(18)9-14(15)16(21)20(10)13-5-3-4-11(8-13)17(22)23-2/h3-9H,1-2H3. The Bertz CT molecular complexity index is 979. The van der Waals surface area contributed by atoms with Crippen LogP contribution < -0.4 is 5.56 Å². The van der Waals surface area contributed by atoms with E-state index < -0.39 is 5.97 Å². The number of halogens is 1. The average Bonchev–Trinajstić information content (AvgIpc) is 2.55. The summed E-state index contributed by atoms with van der Waals surface area (Å²) >= 11 is 3.37. The lowest BCUT2D eigenvalue weighted by atomic mass is 10.2. The van der Waals surface area contributed by atoms with E-state index in [1.165, 1.54) is 11.7 Å². The molecule has 0 N–H and O–H groups in total. The Balaban J connectivity index is 2.28. The molecule has 5 nitrogen and oxygen atoms in total. The molecule has 0 radical (unpaired) electrons. The van der Waals surface area contributed by atoms with Gasteiger partial charge in [-0.3, -0.25) is 9.36 Å². The molecule has 0 fully saturated rings. The third kappa shape index (κ3) is 2.77.